The Morgan fingerprint density at radius 3 is 2.26 bits per heavy atom. The second kappa shape index (κ2) is 6.92. The Morgan fingerprint density at radius 2 is 1.79 bits per heavy atom. The quantitative estimate of drug-likeness (QED) is 0.677. The molecule has 0 aromatic rings. The fourth-order valence-electron chi connectivity index (χ4n) is 2.38. The van der Waals surface area contributed by atoms with Gasteiger partial charge in [0, 0.05) is 13.1 Å². The number of nitrogens with zero attached hydrogens (tertiary/aromatic N) is 1. The Bertz CT molecular complexity index is 365. The molecule has 0 aromatic carbocycles. The minimum Gasteiger partial charge on any atom is -0.243 e. The third-order valence-corrected chi connectivity index (χ3v) is 5.57. The lowest BCUT2D eigenvalue weighted by atomic mass is 9.92. The molecule has 0 bridgehead atoms. The maximum atomic E-state index is 13.1. The van der Waals surface area contributed by atoms with Gasteiger partial charge in [-0.1, -0.05) is 32.6 Å². The van der Waals surface area contributed by atoms with Crippen molar-refractivity contribution in [2.75, 3.05) is 19.8 Å². The molecule has 1 aliphatic rings. The summed E-state index contributed by atoms with van der Waals surface area (Å²) in [5.41, 5.74) is 0. The van der Waals surface area contributed by atoms with Crippen molar-refractivity contribution in [2.45, 2.75) is 50.7 Å². The van der Waals surface area contributed by atoms with Crippen molar-refractivity contribution in [3.05, 3.63) is 0 Å². The minimum absolute atomic E-state index is 0.0781. The number of hydrogen-bond donors (Lipinski definition) is 0. The van der Waals surface area contributed by atoms with Crippen LogP contribution in [0, 0.1) is 5.92 Å². The maximum Gasteiger partial charge on any atom is 0.386 e. The number of piperidine rings is 1. The maximum absolute atomic E-state index is 13.1. The number of unbranched alkanes of at least 4 members (excludes halogenated alkanes) is 2. The van der Waals surface area contributed by atoms with Crippen LogP contribution in [0.15, 0.2) is 0 Å². The lowest BCUT2D eigenvalue weighted by Crippen LogP contribution is -2.47. The molecule has 1 heterocycles. The van der Waals surface area contributed by atoms with Crippen LogP contribution in [0.1, 0.15) is 45.4 Å². The van der Waals surface area contributed by atoms with E-state index in [0.29, 0.717) is 18.8 Å². The first-order chi connectivity index (χ1) is 8.85. The predicted molar refractivity (Wildman–Crippen MR) is 68.3 cm³/mol. The Labute approximate surface area is 113 Å². The van der Waals surface area contributed by atoms with Crippen molar-refractivity contribution in [1.29, 1.82) is 0 Å². The second-order valence-corrected chi connectivity index (χ2v) is 7.18. The molecule has 19 heavy (non-hydrogen) atoms. The van der Waals surface area contributed by atoms with Crippen LogP contribution in [0.25, 0.3) is 0 Å². The van der Waals surface area contributed by atoms with Crippen molar-refractivity contribution in [3.8, 4) is 0 Å². The fraction of sp³-hybridized carbons (Fsp3) is 1.00. The monoisotopic (exact) mass is 301 g/mol. The summed E-state index contributed by atoms with van der Waals surface area (Å²) < 4.78 is 62.1. The minimum atomic E-state index is -4.84. The Balaban J connectivity index is 2.50. The van der Waals surface area contributed by atoms with E-state index in [1.165, 1.54) is 0 Å². The van der Waals surface area contributed by atoms with Gasteiger partial charge < -0.3 is 0 Å². The highest BCUT2D eigenvalue weighted by Crippen LogP contribution is 2.31. The molecule has 1 aliphatic heterocycles. The van der Waals surface area contributed by atoms with Gasteiger partial charge in [-0.15, -0.1) is 0 Å². The molecule has 0 amide bonds. The molecule has 1 fully saturated rings. The van der Waals surface area contributed by atoms with Crippen LogP contribution in [0.4, 0.5) is 13.2 Å². The summed E-state index contributed by atoms with van der Waals surface area (Å²) in [5, 5.41) is -4.29. The predicted octanol–water partition coefficient (Wildman–Crippen LogP) is 3.17. The molecular weight excluding hydrogens is 279 g/mol. The lowest BCUT2D eigenvalue weighted by molar-refractivity contribution is 0.0528. The van der Waals surface area contributed by atoms with E-state index in [2.05, 4.69) is 6.92 Å². The molecule has 1 saturated heterocycles. The fourth-order valence-corrected chi connectivity index (χ4v) is 3.59. The van der Waals surface area contributed by atoms with Gasteiger partial charge in [-0.25, -0.2) is 12.8 Å². The molecule has 0 N–H and O–H groups in total. The highest BCUT2D eigenvalue weighted by molar-refractivity contribution is 7.90. The highest BCUT2D eigenvalue weighted by atomic mass is 32.2. The van der Waals surface area contributed by atoms with Crippen LogP contribution in [0.2, 0.25) is 0 Å². The molecule has 0 saturated carbocycles. The number of rotatable bonds is 7. The van der Waals surface area contributed by atoms with Crippen molar-refractivity contribution in [2.24, 2.45) is 5.92 Å². The standard InChI is InChI=1S/C12H22F3NO2S/c1-2-3-4-5-11-6-8-16(9-7-11)19(17,18)12(14,15)10-13/h11H,2-10H2,1H3. The molecule has 3 nitrogen and oxygen atoms in total. The van der Waals surface area contributed by atoms with E-state index < -0.39 is 22.0 Å². The van der Waals surface area contributed by atoms with Crippen molar-refractivity contribution >= 4 is 10.0 Å². The molecule has 0 aromatic heterocycles. The van der Waals surface area contributed by atoms with Gasteiger partial charge >= 0.3 is 5.25 Å². The number of hydrogen-bond acceptors (Lipinski definition) is 2. The average Bonchev–Trinajstić information content (AvgIpc) is 2.39. The van der Waals surface area contributed by atoms with Crippen LogP contribution < -0.4 is 0 Å². The van der Waals surface area contributed by atoms with Crippen LogP contribution in [-0.2, 0) is 10.0 Å². The SMILES string of the molecule is CCCCCC1CCN(S(=O)(=O)C(F)(F)CF)CC1. The van der Waals surface area contributed by atoms with Crippen LogP contribution >= 0.6 is 0 Å². The first kappa shape index (κ1) is 16.8. The number of sulfonamides is 1. The molecule has 0 spiro atoms. The van der Waals surface area contributed by atoms with Gasteiger partial charge in [-0.2, -0.15) is 13.1 Å². The third kappa shape index (κ3) is 4.08. The van der Waals surface area contributed by atoms with Gasteiger partial charge in [0.25, 0.3) is 10.0 Å². The largest absolute Gasteiger partial charge is 0.386 e. The smallest absolute Gasteiger partial charge is 0.243 e. The Morgan fingerprint density at radius 1 is 1.21 bits per heavy atom. The summed E-state index contributed by atoms with van der Waals surface area (Å²) in [7, 11) is -4.84. The number of alkyl halides is 3. The first-order valence-electron chi connectivity index (χ1n) is 6.78. The normalized spacial score (nSPS) is 19.8. The highest BCUT2D eigenvalue weighted by Gasteiger charge is 2.49. The molecular formula is C12H22F3NO2S. The van der Waals surface area contributed by atoms with Gasteiger partial charge in [0.1, 0.15) is 0 Å². The van der Waals surface area contributed by atoms with Gasteiger partial charge in [-0.3, -0.25) is 0 Å². The van der Waals surface area contributed by atoms with E-state index in [1.807, 2.05) is 0 Å². The third-order valence-electron chi connectivity index (χ3n) is 3.66. The van der Waals surface area contributed by atoms with Gasteiger partial charge in [0.2, 0.25) is 0 Å². The lowest BCUT2D eigenvalue weighted by Gasteiger charge is -2.32. The summed E-state index contributed by atoms with van der Waals surface area (Å²) in [6.07, 6.45) is 5.54. The van der Waals surface area contributed by atoms with Crippen LogP contribution in [-0.4, -0.2) is 37.7 Å². The van der Waals surface area contributed by atoms with Crippen molar-refractivity contribution in [1.82, 2.24) is 4.31 Å². The zero-order valence-electron chi connectivity index (χ0n) is 11.2. The summed E-state index contributed by atoms with van der Waals surface area (Å²) in [6.45, 7) is 0.101. The van der Waals surface area contributed by atoms with Gasteiger partial charge in [0.05, 0.1) is 0 Å². The average molecular weight is 301 g/mol. The van der Waals surface area contributed by atoms with Gasteiger partial charge in [-0.05, 0) is 18.8 Å². The number of halogens is 3. The summed E-state index contributed by atoms with van der Waals surface area (Å²) in [4.78, 5) is 0. The van der Waals surface area contributed by atoms with Crippen LogP contribution in [0.5, 0.6) is 0 Å². The molecule has 1 rings (SSSR count). The van der Waals surface area contributed by atoms with E-state index in [1.54, 1.807) is 0 Å². The van der Waals surface area contributed by atoms with E-state index in [9.17, 15) is 21.6 Å². The second-order valence-electron chi connectivity index (χ2n) is 5.11. The van der Waals surface area contributed by atoms with E-state index in [4.69, 9.17) is 0 Å². The molecule has 0 radical (unpaired) electrons. The first-order valence-corrected chi connectivity index (χ1v) is 8.22. The van der Waals surface area contributed by atoms with E-state index in [-0.39, 0.29) is 13.1 Å². The molecule has 7 heteroatoms. The molecule has 0 atom stereocenters. The summed E-state index contributed by atoms with van der Waals surface area (Å²) in [6, 6.07) is 0. The van der Waals surface area contributed by atoms with E-state index >= 15 is 0 Å². The summed E-state index contributed by atoms with van der Waals surface area (Å²) in [5.74, 6) is 0.400. The topological polar surface area (TPSA) is 37.4 Å². The summed E-state index contributed by atoms with van der Waals surface area (Å²) >= 11 is 0. The van der Waals surface area contributed by atoms with Gasteiger partial charge in [0.15, 0.2) is 6.67 Å². The van der Waals surface area contributed by atoms with E-state index in [0.717, 1.165) is 30.0 Å². The Kier molecular flexibility index (Phi) is 6.11. The van der Waals surface area contributed by atoms with Crippen molar-refractivity contribution in [3.63, 3.8) is 0 Å². The zero-order chi connectivity index (χ0) is 14.5. The molecule has 0 aliphatic carbocycles. The Hall–Kier alpha value is -0.300. The van der Waals surface area contributed by atoms with Crippen LogP contribution in [0.3, 0.4) is 0 Å². The molecule has 114 valence electrons. The molecule has 0 unspecified atom stereocenters. The zero-order valence-corrected chi connectivity index (χ0v) is 12.1. The van der Waals surface area contributed by atoms with Crippen molar-refractivity contribution < 1.29 is 21.6 Å².